The normalized spacial score (nSPS) is 21.9. The summed E-state index contributed by atoms with van der Waals surface area (Å²) in [6, 6.07) is 11.3. The van der Waals surface area contributed by atoms with Crippen LogP contribution in [0.3, 0.4) is 0 Å². The van der Waals surface area contributed by atoms with Gasteiger partial charge in [0.1, 0.15) is 11.9 Å². The number of nitrogens with zero attached hydrogens (tertiary/aromatic N) is 2. The molecule has 5 nitrogen and oxygen atoms in total. The number of hydrogen-bond acceptors (Lipinski definition) is 4. The van der Waals surface area contributed by atoms with Gasteiger partial charge in [-0.25, -0.2) is 0 Å². The molecule has 0 aliphatic heterocycles. The summed E-state index contributed by atoms with van der Waals surface area (Å²) in [7, 11) is 0. The van der Waals surface area contributed by atoms with Crippen molar-refractivity contribution in [1.82, 2.24) is 10.3 Å². The summed E-state index contributed by atoms with van der Waals surface area (Å²) in [6.07, 6.45) is 1.53. The molecule has 1 fully saturated rings. The Kier molecular flexibility index (Phi) is 4.93. The van der Waals surface area contributed by atoms with Gasteiger partial charge < -0.3 is 10.1 Å². The summed E-state index contributed by atoms with van der Waals surface area (Å²) >= 11 is 0. The van der Waals surface area contributed by atoms with Gasteiger partial charge in [0.15, 0.2) is 0 Å². The topological polar surface area (TPSA) is 75.0 Å². The third kappa shape index (κ3) is 3.35. The van der Waals surface area contributed by atoms with Crippen LogP contribution in [-0.2, 0) is 0 Å². The molecule has 0 radical (unpaired) electrons. The zero-order chi connectivity index (χ0) is 20.7. The highest BCUT2D eigenvalue weighted by atomic mass is 16.5. The molecule has 0 spiro atoms. The lowest BCUT2D eigenvalue weighted by Gasteiger charge is -2.63. The van der Waals surface area contributed by atoms with Crippen LogP contribution in [0, 0.1) is 36.0 Å². The summed E-state index contributed by atoms with van der Waals surface area (Å²) in [6.45, 7) is 12.2. The fraction of sp³-hybridized carbons (Fsp3) is 0.435. The molecule has 1 heterocycles. The Morgan fingerprint density at radius 3 is 2.36 bits per heavy atom. The van der Waals surface area contributed by atoms with Crippen LogP contribution < -0.4 is 10.1 Å². The van der Waals surface area contributed by atoms with Crippen LogP contribution in [-0.4, -0.2) is 23.0 Å². The molecule has 0 atom stereocenters. The van der Waals surface area contributed by atoms with E-state index in [1.54, 1.807) is 18.3 Å². The standard InChI is InChI=1S/C23H27N3O2/c1-14-11-18(10-9-16(14)12-24)28-21-22(3,4)20(23(21,5)6)26-19(27)17-8-7-15(2)25-13-17/h7-11,13,20-21H,1-6H3,(H,26,27). The van der Waals surface area contributed by atoms with E-state index in [2.05, 4.69) is 44.1 Å². The molecule has 0 bridgehead atoms. The first kappa shape index (κ1) is 19.9. The molecule has 0 unspecified atom stereocenters. The van der Waals surface area contributed by atoms with Gasteiger partial charge in [0, 0.05) is 28.8 Å². The largest absolute Gasteiger partial charge is 0.489 e. The Labute approximate surface area is 166 Å². The van der Waals surface area contributed by atoms with Crippen LogP contribution in [0.2, 0.25) is 0 Å². The molecule has 1 saturated carbocycles. The lowest BCUT2D eigenvalue weighted by molar-refractivity contribution is -0.164. The number of aryl methyl sites for hydroxylation is 2. The van der Waals surface area contributed by atoms with E-state index in [1.165, 1.54) is 0 Å². The number of aromatic nitrogens is 1. The number of ether oxygens (including phenoxy) is 1. The molecule has 3 rings (SSSR count). The van der Waals surface area contributed by atoms with Gasteiger partial charge in [-0.15, -0.1) is 0 Å². The number of carbonyl (C=O) groups is 1. The van der Waals surface area contributed by atoms with Gasteiger partial charge in [0.25, 0.3) is 5.91 Å². The van der Waals surface area contributed by atoms with Gasteiger partial charge in [0.05, 0.1) is 17.2 Å². The minimum absolute atomic E-state index is 0.0433. The van der Waals surface area contributed by atoms with E-state index < -0.39 is 0 Å². The third-order valence-electron chi connectivity index (χ3n) is 5.86. The predicted molar refractivity (Wildman–Crippen MR) is 108 cm³/mol. The zero-order valence-corrected chi connectivity index (χ0v) is 17.3. The average Bonchev–Trinajstić information content (AvgIpc) is 2.64. The Hall–Kier alpha value is -2.87. The first-order chi connectivity index (χ1) is 13.1. The number of pyridine rings is 1. The number of amides is 1. The van der Waals surface area contributed by atoms with Gasteiger partial charge >= 0.3 is 0 Å². The van der Waals surface area contributed by atoms with E-state index in [0.29, 0.717) is 11.1 Å². The van der Waals surface area contributed by atoms with Crippen LogP contribution in [0.25, 0.3) is 0 Å². The summed E-state index contributed by atoms with van der Waals surface area (Å²) in [5, 5.41) is 12.3. The van der Waals surface area contributed by atoms with Crippen molar-refractivity contribution in [3.8, 4) is 11.8 Å². The van der Waals surface area contributed by atoms with Crippen molar-refractivity contribution < 1.29 is 9.53 Å². The quantitative estimate of drug-likeness (QED) is 0.867. The highest BCUT2D eigenvalue weighted by Gasteiger charge is 2.64. The second kappa shape index (κ2) is 6.94. The first-order valence-electron chi connectivity index (χ1n) is 9.48. The zero-order valence-electron chi connectivity index (χ0n) is 17.3. The van der Waals surface area contributed by atoms with E-state index in [1.807, 2.05) is 32.0 Å². The van der Waals surface area contributed by atoms with Gasteiger partial charge in [-0.1, -0.05) is 27.7 Å². The molecule has 5 heteroatoms. The van der Waals surface area contributed by atoms with E-state index in [0.717, 1.165) is 17.0 Å². The lowest BCUT2D eigenvalue weighted by atomic mass is 9.49. The molecule has 1 aromatic carbocycles. The molecule has 28 heavy (non-hydrogen) atoms. The van der Waals surface area contributed by atoms with Crippen molar-refractivity contribution >= 4 is 5.91 Å². The van der Waals surface area contributed by atoms with Crippen molar-refractivity contribution in [2.24, 2.45) is 10.8 Å². The van der Waals surface area contributed by atoms with E-state index in [4.69, 9.17) is 10.00 Å². The van der Waals surface area contributed by atoms with Crippen LogP contribution in [0.1, 0.15) is 54.9 Å². The van der Waals surface area contributed by atoms with Gasteiger partial charge in [0.2, 0.25) is 0 Å². The maximum Gasteiger partial charge on any atom is 0.253 e. The van der Waals surface area contributed by atoms with Crippen LogP contribution in [0.15, 0.2) is 36.5 Å². The van der Waals surface area contributed by atoms with Gasteiger partial charge in [-0.05, 0) is 49.7 Å². The van der Waals surface area contributed by atoms with Crippen molar-refractivity contribution in [3.05, 3.63) is 58.9 Å². The molecular formula is C23H27N3O2. The summed E-state index contributed by atoms with van der Waals surface area (Å²) in [5.41, 5.74) is 2.48. The van der Waals surface area contributed by atoms with Crippen LogP contribution in [0.4, 0.5) is 0 Å². The molecule has 2 aromatic rings. The number of rotatable bonds is 4. The smallest absolute Gasteiger partial charge is 0.253 e. The van der Waals surface area contributed by atoms with Crippen molar-refractivity contribution in [2.75, 3.05) is 0 Å². The second-order valence-corrected chi connectivity index (χ2v) is 8.82. The molecule has 0 saturated heterocycles. The number of carbonyl (C=O) groups excluding carboxylic acids is 1. The predicted octanol–water partition coefficient (Wildman–Crippen LogP) is 4.18. The Bertz CT molecular complexity index is 923. The van der Waals surface area contributed by atoms with E-state index in [-0.39, 0.29) is 28.9 Å². The fourth-order valence-electron chi connectivity index (χ4n) is 4.59. The Balaban J connectivity index is 1.76. The number of hydrogen-bond donors (Lipinski definition) is 1. The molecular weight excluding hydrogens is 350 g/mol. The molecule has 1 N–H and O–H groups in total. The lowest BCUT2D eigenvalue weighted by Crippen LogP contribution is -2.74. The molecule has 1 aromatic heterocycles. The maximum absolute atomic E-state index is 12.7. The highest BCUT2D eigenvalue weighted by Crippen LogP contribution is 2.55. The van der Waals surface area contributed by atoms with Crippen molar-refractivity contribution in [1.29, 1.82) is 5.26 Å². The van der Waals surface area contributed by atoms with Crippen molar-refractivity contribution in [2.45, 2.75) is 53.7 Å². The number of nitriles is 1. The van der Waals surface area contributed by atoms with Gasteiger partial charge in [-0.3, -0.25) is 9.78 Å². The monoisotopic (exact) mass is 377 g/mol. The molecule has 146 valence electrons. The van der Waals surface area contributed by atoms with Crippen LogP contribution >= 0.6 is 0 Å². The van der Waals surface area contributed by atoms with E-state index in [9.17, 15) is 4.79 Å². The molecule has 1 aliphatic rings. The Morgan fingerprint density at radius 1 is 1.14 bits per heavy atom. The SMILES string of the molecule is Cc1ccc(C(=O)NC2C(C)(C)C(Oc3ccc(C#N)c(C)c3)C2(C)C)cn1. The number of benzene rings is 1. The molecule has 1 aliphatic carbocycles. The first-order valence-corrected chi connectivity index (χ1v) is 9.48. The third-order valence-corrected chi connectivity index (χ3v) is 5.86. The summed E-state index contributed by atoms with van der Waals surface area (Å²) < 4.78 is 6.32. The summed E-state index contributed by atoms with van der Waals surface area (Å²) in [5.74, 6) is 0.626. The fourth-order valence-corrected chi connectivity index (χ4v) is 4.59. The van der Waals surface area contributed by atoms with Gasteiger partial charge in [-0.2, -0.15) is 5.26 Å². The van der Waals surface area contributed by atoms with Crippen molar-refractivity contribution in [3.63, 3.8) is 0 Å². The maximum atomic E-state index is 12.7. The Morgan fingerprint density at radius 2 is 1.82 bits per heavy atom. The summed E-state index contributed by atoms with van der Waals surface area (Å²) in [4.78, 5) is 16.9. The highest BCUT2D eigenvalue weighted by molar-refractivity contribution is 5.94. The van der Waals surface area contributed by atoms with Crippen LogP contribution in [0.5, 0.6) is 5.75 Å². The number of nitrogens with one attached hydrogen (secondary N) is 1. The second-order valence-electron chi connectivity index (χ2n) is 8.82. The minimum Gasteiger partial charge on any atom is -0.489 e. The van der Waals surface area contributed by atoms with E-state index >= 15 is 0 Å². The molecule has 1 amide bonds. The average molecular weight is 377 g/mol. The minimum atomic E-state index is -0.251.